The molecule has 1 amide bonds. The van der Waals surface area contributed by atoms with Crippen LogP contribution in [0.4, 0.5) is 0 Å². The zero-order chi connectivity index (χ0) is 18.9. The van der Waals surface area contributed by atoms with Crippen LogP contribution in [0, 0.1) is 6.92 Å². The lowest BCUT2D eigenvalue weighted by Gasteiger charge is -2.12. The highest BCUT2D eigenvalue weighted by atomic mass is 32.2. The Bertz CT molecular complexity index is 773. The number of hydrogen-bond donors (Lipinski definition) is 1. The van der Waals surface area contributed by atoms with Gasteiger partial charge in [0.1, 0.15) is 12.4 Å². The Kier molecular flexibility index (Phi) is 7.47. The predicted molar refractivity (Wildman–Crippen MR) is 104 cm³/mol. The number of aromatic nitrogens is 3. The first kappa shape index (κ1) is 19.8. The molecule has 1 heterocycles. The van der Waals surface area contributed by atoms with Crippen molar-refractivity contribution in [3.63, 3.8) is 0 Å². The van der Waals surface area contributed by atoms with Crippen molar-refractivity contribution in [2.24, 2.45) is 0 Å². The maximum atomic E-state index is 12.0. The Morgan fingerprint density at radius 2 is 2.19 bits per heavy atom. The third-order valence-corrected chi connectivity index (χ3v) is 4.62. The van der Waals surface area contributed by atoms with Crippen LogP contribution in [-0.4, -0.2) is 32.5 Å². The van der Waals surface area contributed by atoms with Crippen LogP contribution >= 0.6 is 11.8 Å². The lowest BCUT2D eigenvalue weighted by atomic mass is 10.2. The minimum absolute atomic E-state index is 0.0689. The van der Waals surface area contributed by atoms with E-state index in [1.165, 1.54) is 11.8 Å². The fourth-order valence-corrected chi connectivity index (χ4v) is 3.11. The lowest BCUT2D eigenvalue weighted by molar-refractivity contribution is -0.120. The molecule has 6 nitrogen and oxygen atoms in total. The molecule has 1 N–H and O–H groups in total. The summed E-state index contributed by atoms with van der Waals surface area (Å²) in [6.07, 6.45) is 3.42. The van der Waals surface area contributed by atoms with Gasteiger partial charge in [-0.25, -0.2) is 0 Å². The van der Waals surface area contributed by atoms with Gasteiger partial charge in [-0.3, -0.25) is 9.36 Å². The van der Waals surface area contributed by atoms with Crippen LogP contribution < -0.4 is 10.1 Å². The molecule has 0 saturated carbocycles. The number of carbonyl (C=O) groups is 1. The minimum Gasteiger partial charge on any atom is -0.486 e. The van der Waals surface area contributed by atoms with Gasteiger partial charge in [-0.05, 0) is 31.5 Å². The summed E-state index contributed by atoms with van der Waals surface area (Å²) in [5, 5.41) is 11.6. The van der Waals surface area contributed by atoms with Gasteiger partial charge in [-0.15, -0.1) is 23.4 Å². The molecule has 1 aromatic heterocycles. The second-order valence-electron chi connectivity index (χ2n) is 5.70. The number of hydrogen-bond acceptors (Lipinski definition) is 5. The summed E-state index contributed by atoms with van der Waals surface area (Å²) < 4.78 is 7.73. The molecule has 7 heteroatoms. The van der Waals surface area contributed by atoms with Crippen molar-refractivity contribution in [2.75, 3.05) is 6.54 Å². The van der Waals surface area contributed by atoms with Gasteiger partial charge in [0.25, 0.3) is 0 Å². The van der Waals surface area contributed by atoms with Crippen LogP contribution in [0.1, 0.15) is 18.3 Å². The number of nitrogens with zero attached hydrogens (tertiary/aromatic N) is 3. The molecule has 1 atom stereocenters. The number of allylic oxidation sites excluding steroid dienone is 1. The van der Waals surface area contributed by atoms with Crippen molar-refractivity contribution in [3.8, 4) is 5.75 Å². The first-order valence-corrected chi connectivity index (χ1v) is 9.20. The maximum absolute atomic E-state index is 12.0. The molecule has 0 bridgehead atoms. The van der Waals surface area contributed by atoms with Crippen molar-refractivity contribution in [2.45, 2.75) is 37.4 Å². The predicted octanol–water partition coefficient (Wildman–Crippen LogP) is 3.13. The summed E-state index contributed by atoms with van der Waals surface area (Å²) in [5.74, 6) is 1.40. The minimum atomic E-state index is -0.298. The topological polar surface area (TPSA) is 69.0 Å². The highest BCUT2D eigenvalue weighted by molar-refractivity contribution is 8.00. The van der Waals surface area contributed by atoms with E-state index in [0.717, 1.165) is 11.3 Å². The first-order chi connectivity index (χ1) is 12.5. The fourth-order valence-electron chi connectivity index (χ4n) is 2.21. The van der Waals surface area contributed by atoms with E-state index in [1.807, 2.05) is 42.7 Å². The van der Waals surface area contributed by atoms with Gasteiger partial charge in [-0.2, -0.15) is 0 Å². The van der Waals surface area contributed by atoms with Crippen molar-refractivity contribution >= 4 is 17.7 Å². The van der Waals surface area contributed by atoms with E-state index in [-0.39, 0.29) is 11.2 Å². The molecule has 0 aliphatic heterocycles. The van der Waals surface area contributed by atoms with Crippen LogP contribution in [0.15, 0.2) is 54.7 Å². The average molecular weight is 372 g/mol. The molecular formula is C19H24N4O2S. The Labute approximate surface area is 158 Å². The zero-order valence-corrected chi connectivity index (χ0v) is 16.0. The molecule has 2 aromatic rings. The normalized spacial score (nSPS) is 11.6. The molecule has 0 unspecified atom stereocenters. The average Bonchev–Trinajstić information content (AvgIpc) is 3.00. The molecule has 2 rings (SSSR count). The molecule has 0 spiro atoms. The zero-order valence-electron chi connectivity index (χ0n) is 15.1. The largest absolute Gasteiger partial charge is 0.486 e. The van der Waals surface area contributed by atoms with E-state index >= 15 is 0 Å². The van der Waals surface area contributed by atoms with E-state index in [4.69, 9.17) is 4.74 Å². The number of nitrogens with one attached hydrogen (secondary N) is 1. The van der Waals surface area contributed by atoms with Crippen LogP contribution in [0.2, 0.25) is 0 Å². The number of amides is 1. The van der Waals surface area contributed by atoms with Crippen molar-refractivity contribution in [1.82, 2.24) is 20.1 Å². The van der Waals surface area contributed by atoms with Crippen molar-refractivity contribution in [1.29, 1.82) is 0 Å². The first-order valence-electron chi connectivity index (χ1n) is 8.32. The highest BCUT2D eigenvalue weighted by Gasteiger charge is 2.19. The Morgan fingerprint density at radius 1 is 1.38 bits per heavy atom. The molecule has 0 saturated heterocycles. The molecule has 0 fully saturated rings. The molecular weight excluding hydrogens is 348 g/mol. The van der Waals surface area contributed by atoms with Gasteiger partial charge < -0.3 is 10.1 Å². The highest BCUT2D eigenvalue weighted by Crippen LogP contribution is 2.23. The van der Waals surface area contributed by atoms with E-state index in [1.54, 1.807) is 12.2 Å². The van der Waals surface area contributed by atoms with Crippen LogP contribution in [0.25, 0.3) is 0 Å². The van der Waals surface area contributed by atoms with Gasteiger partial charge in [0.05, 0.1) is 5.25 Å². The van der Waals surface area contributed by atoms with E-state index in [9.17, 15) is 4.79 Å². The van der Waals surface area contributed by atoms with Gasteiger partial charge >= 0.3 is 0 Å². The maximum Gasteiger partial charge on any atom is 0.233 e. The van der Waals surface area contributed by atoms with Crippen molar-refractivity contribution in [3.05, 3.63) is 61.0 Å². The molecule has 0 aliphatic carbocycles. The van der Waals surface area contributed by atoms with Gasteiger partial charge in [0, 0.05) is 13.1 Å². The second kappa shape index (κ2) is 9.82. The van der Waals surface area contributed by atoms with Crippen LogP contribution in [0.5, 0.6) is 5.75 Å². The standard InChI is InChI=1S/C19H24N4O2S/c1-5-10-20-18(24)15(4)26-19-22-21-17(23(19)11-6-2)13-25-16-9-7-8-14(3)12-16/h5-9,12,15H,1-2,10-11,13H2,3-4H3,(H,20,24)/t15-/m0/s1. The molecule has 26 heavy (non-hydrogen) atoms. The molecule has 1 aromatic carbocycles. The van der Waals surface area contributed by atoms with Crippen molar-refractivity contribution < 1.29 is 9.53 Å². The van der Waals surface area contributed by atoms with E-state index in [0.29, 0.717) is 30.7 Å². The number of benzene rings is 1. The molecule has 138 valence electrons. The summed E-state index contributed by atoms with van der Waals surface area (Å²) >= 11 is 1.35. The van der Waals surface area contributed by atoms with Gasteiger partial charge in [0.2, 0.25) is 5.91 Å². The SMILES string of the molecule is C=CCNC(=O)[C@H](C)Sc1nnc(COc2cccc(C)c2)n1CC=C. The third-order valence-electron chi connectivity index (χ3n) is 3.53. The summed E-state index contributed by atoms with van der Waals surface area (Å²) in [6, 6.07) is 7.84. The smallest absolute Gasteiger partial charge is 0.233 e. The summed E-state index contributed by atoms with van der Waals surface area (Å²) in [7, 11) is 0. The summed E-state index contributed by atoms with van der Waals surface area (Å²) in [6.45, 7) is 12.5. The van der Waals surface area contributed by atoms with Crippen LogP contribution in [0.3, 0.4) is 0 Å². The number of aryl methyl sites for hydroxylation is 1. The van der Waals surface area contributed by atoms with Gasteiger partial charge in [0.15, 0.2) is 11.0 Å². The number of carbonyl (C=O) groups excluding carboxylic acids is 1. The number of ether oxygens (including phenoxy) is 1. The van der Waals surface area contributed by atoms with E-state index < -0.39 is 0 Å². The monoisotopic (exact) mass is 372 g/mol. The van der Waals surface area contributed by atoms with Crippen LogP contribution in [-0.2, 0) is 17.9 Å². The van der Waals surface area contributed by atoms with E-state index in [2.05, 4.69) is 28.7 Å². The fraction of sp³-hybridized carbons (Fsp3) is 0.316. The van der Waals surface area contributed by atoms with Gasteiger partial charge in [-0.1, -0.05) is 36.0 Å². The lowest BCUT2D eigenvalue weighted by Crippen LogP contribution is -2.31. The molecule has 0 aliphatic rings. The number of rotatable bonds is 10. The third kappa shape index (κ3) is 5.49. The Balaban J connectivity index is 2.07. The second-order valence-corrected chi connectivity index (χ2v) is 7.01. The number of thioether (sulfide) groups is 1. The molecule has 0 radical (unpaired) electrons. The Morgan fingerprint density at radius 3 is 2.88 bits per heavy atom. The Hall–Kier alpha value is -2.54. The summed E-state index contributed by atoms with van der Waals surface area (Å²) in [4.78, 5) is 12.0. The summed E-state index contributed by atoms with van der Waals surface area (Å²) in [5.41, 5.74) is 1.13. The quantitative estimate of drug-likeness (QED) is 0.513.